The molecule has 0 unspecified atom stereocenters. The zero-order chi connectivity index (χ0) is 36.0. The van der Waals surface area contributed by atoms with Crippen molar-refractivity contribution in [1.29, 1.82) is 0 Å². The first-order valence-electron chi connectivity index (χ1n) is 19.1. The largest absolute Gasteiger partial charge is 1.00 e. The van der Waals surface area contributed by atoms with Gasteiger partial charge in [-0.15, -0.1) is 0 Å². The third kappa shape index (κ3) is 7.91. The third-order valence-electron chi connectivity index (χ3n) is 11.1. The molecule has 0 saturated heterocycles. The van der Waals surface area contributed by atoms with Crippen LogP contribution < -0.4 is 28.4 Å². The first-order chi connectivity index (χ1) is 24.7. The molecule has 4 aromatic rings. The Morgan fingerprint density at radius 3 is 2.13 bits per heavy atom. The van der Waals surface area contributed by atoms with Gasteiger partial charge in [0.1, 0.15) is 7.05 Å². The van der Waals surface area contributed by atoms with Crippen molar-refractivity contribution in [2.75, 3.05) is 31.6 Å². The van der Waals surface area contributed by atoms with Crippen LogP contribution in [0.4, 0.5) is 11.4 Å². The van der Waals surface area contributed by atoms with Crippen LogP contribution in [0.25, 0.3) is 21.5 Å². The van der Waals surface area contributed by atoms with Gasteiger partial charge >= 0.3 is 0 Å². The van der Waals surface area contributed by atoms with Crippen LogP contribution in [0.5, 0.6) is 0 Å². The normalized spacial score (nSPS) is 16.7. The third-order valence-corrected chi connectivity index (χ3v) is 11.1. The highest BCUT2D eigenvalue weighted by molar-refractivity contribution is 6.07. The first kappa shape index (κ1) is 39.0. The van der Waals surface area contributed by atoms with E-state index in [2.05, 4.69) is 153 Å². The molecule has 0 bridgehead atoms. The summed E-state index contributed by atoms with van der Waals surface area (Å²) in [7, 11) is 2.19. The van der Waals surface area contributed by atoms with E-state index in [1.807, 2.05) is 0 Å². The molecule has 0 saturated carbocycles. The second-order valence-corrected chi connectivity index (χ2v) is 15.4. The predicted octanol–water partition coefficient (Wildman–Crippen LogP) is 6.99. The van der Waals surface area contributed by atoms with Crippen molar-refractivity contribution in [2.45, 2.75) is 89.9 Å². The number of nitrogens with two attached hydrogens (primary N) is 1. The van der Waals surface area contributed by atoms with E-state index in [1.54, 1.807) is 0 Å². The maximum Gasteiger partial charge on any atom is 0.219 e. The Kier molecular flexibility index (Phi) is 12.8. The number of rotatable bonds is 15. The lowest BCUT2D eigenvalue weighted by Gasteiger charge is -2.27. The molecule has 5 nitrogen and oxygen atoms in total. The summed E-state index contributed by atoms with van der Waals surface area (Å²) in [6.07, 6.45) is 19.1. The molecule has 0 spiro atoms. The number of carbonyl (C=O) groups is 1. The number of hydrogen-bond acceptors (Lipinski definition) is 3. The SMILES string of the molecule is C[N+]1=C(C=CC=CC=C2N(CCCCCC(=O)NCCCCCCN)c3ccc4ccccc4c3C2(C)C)C(C)(C)c2c1ccc1ccccc21.[Cl-]. The fourth-order valence-corrected chi connectivity index (χ4v) is 8.50. The van der Waals surface area contributed by atoms with E-state index in [0.717, 1.165) is 64.6 Å². The van der Waals surface area contributed by atoms with Gasteiger partial charge in [0.2, 0.25) is 11.6 Å². The Balaban J connectivity index is 0.00000523. The van der Waals surface area contributed by atoms with Gasteiger partial charge in [-0.25, -0.2) is 0 Å². The Labute approximate surface area is 317 Å². The van der Waals surface area contributed by atoms with Crippen molar-refractivity contribution in [3.63, 3.8) is 0 Å². The molecule has 3 N–H and O–H groups in total. The molecule has 0 aliphatic carbocycles. The van der Waals surface area contributed by atoms with E-state index < -0.39 is 0 Å². The molecule has 1 amide bonds. The summed E-state index contributed by atoms with van der Waals surface area (Å²) in [4.78, 5) is 15.0. The maximum absolute atomic E-state index is 12.4. The van der Waals surface area contributed by atoms with Gasteiger partial charge in [-0.3, -0.25) is 4.79 Å². The Morgan fingerprint density at radius 2 is 1.40 bits per heavy atom. The smallest absolute Gasteiger partial charge is 0.219 e. The van der Waals surface area contributed by atoms with Crippen LogP contribution in [0.15, 0.2) is 109 Å². The molecule has 0 atom stereocenters. The average Bonchev–Trinajstić information content (AvgIpc) is 3.47. The number of allylic oxidation sites excluding steroid dienone is 6. The molecule has 0 aromatic heterocycles. The second kappa shape index (κ2) is 17.1. The summed E-state index contributed by atoms with van der Waals surface area (Å²) < 4.78 is 2.35. The van der Waals surface area contributed by atoms with Crippen LogP contribution in [0.1, 0.15) is 90.2 Å². The molecule has 2 aliphatic heterocycles. The summed E-state index contributed by atoms with van der Waals surface area (Å²) in [5.74, 6) is 0.175. The lowest BCUT2D eigenvalue weighted by atomic mass is 9.79. The number of benzene rings is 4. The number of amides is 1. The van der Waals surface area contributed by atoms with Crippen molar-refractivity contribution in [3.05, 3.63) is 120 Å². The van der Waals surface area contributed by atoms with Crippen LogP contribution in [0.2, 0.25) is 0 Å². The van der Waals surface area contributed by atoms with Crippen LogP contribution in [-0.4, -0.2) is 42.9 Å². The van der Waals surface area contributed by atoms with Gasteiger partial charge in [0.15, 0.2) is 5.71 Å². The summed E-state index contributed by atoms with van der Waals surface area (Å²) >= 11 is 0. The van der Waals surface area contributed by atoms with Gasteiger partial charge in [0, 0.05) is 54.0 Å². The van der Waals surface area contributed by atoms with Gasteiger partial charge < -0.3 is 28.4 Å². The lowest BCUT2D eigenvalue weighted by molar-refractivity contribution is -0.401. The van der Waals surface area contributed by atoms with E-state index in [-0.39, 0.29) is 29.1 Å². The predicted molar refractivity (Wildman–Crippen MR) is 218 cm³/mol. The molecule has 274 valence electrons. The number of nitrogens with zero attached hydrogens (tertiary/aromatic N) is 2. The fourth-order valence-electron chi connectivity index (χ4n) is 8.50. The minimum Gasteiger partial charge on any atom is -1.00 e. The molecular weight excluding hydrogens is 660 g/mol. The van der Waals surface area contributed by atoms with Crippen molar-refractivity contribution in [3.8, 4) is 0 Å². The van der Waals surface area contributed by atoms with Crippen molar-refractivity contribution < 1.29 is 21.8 Å². The van der Waals surface area contributed by atoms with E-state index >= 15 is 0 Å². The van der Waals surface area contributed by atoms with Crippen molar-refractivity contribution >= 4 is 44.5 Å². The minimum absolute atomic E-state index is 0. The van der Waals surface area contributed by atoms with Crippen molar-refractivity contribution in [2.24, 2.45) is 5.73 Å². The standard InChI is InChI=1S/C46H56N4O.ClH/c1-45(2)40(49(5)38-29-27-34-20-13-15-22-36(34)43(38)45)24-10-8-11-25-41-46(3,4)44-37-23-16-14-21-35(37)28-30-39(44)50(41)33-19-9-12-26-42(51)48-32-18-7-6-17-31-47;/h8,10-11,13-16,20-25,27-30H,6-7,9,12,17-19,26,31-33,47H2,1-5H3;1H. The van der Waals surface area contributed by atoms with E-state index in [1.165, 1.54) is 55.5 Å². The van der Waals surface area contributed by atoms with Gasteiger partial charge in [-0.2, -0.15) is 4.58 Å². The number of halogens is 1. The lowest BCUT2D eigenvalue weighted by Crippen LogP contribution is -3.00. The highest BCUT2D eigenvalue weighted by atomic mass is 35.5. The molecule has 2 heterocycles. The minimum atomic E-state index is -0.153. The highest BCUT2D eigenvalue weighted by Gasteiger charge is 2.44. The van der Waals surface area contributed by atoms with Crippen LogP contribution in [0.3, 0.4) is 0 Å². The molecule has 0 fully saturated rings. The molecule has 6 rings (SSSR count). The molecule has 6 heteroatoms. The number of nitrogens with one attached hydrogen (secondary N) is 1. The molecule has 4 aromatic carbocycles. The number of hydrogen-bond donors (Lipinski definition) is 2. The number of fused-ring (bicyclic) bond motifs is 6. The van der Waals surface area contributed by atoms with E-state index in [0.29, 0.717) is 6.42 Å². The Morgan fingerprint density at radius 1 is 0.750 bits per heavy atom. The van der Waals surface area contributed by atoms with Gasteiger partial charge in [0.25, 0.3) is 0 Å². The summed E-state index contributed by atoms with van der Waals surface area (Å²) in [6.45, 7) is 11.9. The maximum atomic E-state index is 12.4. The summed E-state index contributed by atoms with van der Waals surface area (Å²) in [6, 6.07) is 26.6. The summed E-state index contributed by atoms with van der Waals surface area (Å²) in [5, 5.41) is 8.33. The zero-order valence-electron chi connectivity index (χ0n) is 31.9. The molecular formula is C46H57ClN4O. The highest BCUT2D eigenvalue weighted by Crippen LogP contribution is 2.51. The van der Waals surface area contributed by atoms with E-state index in [9.17, 15) is 4.79 Å². The number of anilines is 1. The topological polar surface area (TPSA) is 61.4 Å². The van der Waals surface area contributed by atoms with Crippen LogP contribution in [-0.2, 0) is 15.6 Å². The first-order valence-corrected chi connectivity index (χ1v) is 19.1. The fraction of sp³-hybridized carbons (Fsp3) is 0.391. The van der Waals surface area contributed by atoms with Gasteiger partial charge in [-0.1, -0.05) is 106 Å². The van der Waals surface area contributed by atoms with Crippen LogP contribution in [0, 0.1) is 0 Å². The van der Waals surface area contributed by atoms with Crippen molar-refractivity contribution in [1.82, 2.24) is 5.32 Å². The van der Waals surface area contributed by atoms with E-state index in [4.69, 9.17) is 5.73 Å². The quantitative estimate of drug-likeness (QED) is 0.0793. The number of unbranched alkanes of at least 4 members (excludes halogenated alkanes) is 5. The average molecular weight is 717 g/mol. The zero-order valence-corrected chi connectivity index (χ0v) is 32.6. The Bertz CT molecular complexity index is 2020. The van der Waals surface area contributed by atoms with Gasteiger partial charge in [0.05, 0.1) is 5.41 Å². The molecule has 2 aliphatic rings. The van der Waals surface area contributed by atoms with Crippen LogP contribution >= 0.6 is 0 Å². The number of carbonyl (C=O) groups excluding carboxylic acids is 1. The Hall–Kier alpha value is -4.19. The summed E-state index contributed by atoms with van der Waals surface area (Å²) in [5.41, 5.74) is 13.3. The molecule has 0 radical (unpaired) electrons. The molecule has 52 heavy (non-hydrogen) atoms. The second-order valence-electron chi connectivity index (χ2n) is 15.4. The monoisotopic (exact) mass is 716 g/mol. The van der Waals surface area contributed by atoms with Gasteiger partial charge in [-0.05, 0) is 91.4 Å².